The third-order valence-electron chi connectivity index (χ3n) is 4.99. The predicted octanol–water partition coefficient (Wildman–Crippen LogP) is 3.34. The van der Waals surface area contributed by atoms with Gasteiger partial charge >= 0.3 is 0 Å². The minimum absolute atomic E-state index is 0.146. The number of fused-ring (bicyclic) bond motifs is 1. The fraction of sp³-hybridized carbons (Fsp3) is 0.421. The number of anilines is 2. The number of rotatable bonds is 4. The van der Waals surface area contributed by atoms with Crippen molar-refractivity contribution in [2.45, 2.75) is 39.5 Å². The fourth-order valence-electron chi connectivity index (χ4n) is 3.37. The molecule has 3 aromatic rings. The van der Waals surface area contributed by atoms with E-state index in [9.17, 15) is 4.79 Å². The maximum Gasteiger partial charge on any atom is 0.246 e. The second kappa shape index (κ2) is 6.82. The first-order chi connectivity index (χ1) is 12.6. The zero-order valence-corrected chi connectivity index (χ0v) is 15.1. The van der Waals surface area contributed by atoms with E-state index in [0.29, 0.717) is 11.9 Å². The Morgan fingerprint density at radius 1 is 1.23 bits per heavy atom. The number of benzene rings is 1. The molecule has 1 amide bonds. The number of H-pyrrole nitrogens is 1. The molecule has 136 valence electrons. The zero-order valence-electron chi connectivity index (χ0n) is 15.1. The van der Waals surface area contributed by atoms with E-state index in [-0.39, 0.29) is 12.3 Å². The van der Waals surface area contributed by atoms with Crippen LogP contribution in [0.25, 0.3) is 11.0 Å². The van der Waals surface area contributed by atoms with E-state index in [0.717, 1.165) is 42.5 Å². The van der Waals surface area contributed by atoms with Crippen LogP contribution in [0.1, 0.15) is 36.0 Å². The summed E-state index contributed by atoms with van der Waals surface area (Å²) in [6, 6.07) is 4.08. The van der Waals surface area contributed by atoms with E-state index >= 15 is 0 Å². The number of carbonyl (C=O) groups excluding carboxylic acids is 1. The minimum Gasteiger partial charge on any atom is -0.464 e. The Bertz CT molecular complexity index is 937. The lowest BCUT2D eigenvalue weighted by atomic mass is 10.0. The van der Waals surface area contributed by atoms with Crippen LogP contribution in [-0.4, -0.2) is 34.2 Å². The summed E-state index contributed by atoms with van der Waals surface area (Å²) in [7, 11) is 0. The number of furan rings is 1. The van der Waals surface area contributed by atoms with E-state index < -0.39 is 0 Å². The molecule has 1 fully saturated rings. The van der Waals surface area contributed by atoms with E-state index in [1.807, 2.05) is 13.0 Å². The number of aryl methyl sites for hydroxylation is 2. The van der Waals surface area contributed by atoms with Gasteiger partial charge in [-0.25, -0.2) is 5.10 Å². The Hall–Kier alpha value is -2.83. The predicted molar refractivity (Wildman–Crippen MR) is 100 cm³/mol. The molecule has 1 aromatic carbocycles. The van der Waals surface area contributed by atoms with Crippen LogP contribution >= 0.6 is 0 Å². The van der Waals surface area contributed by atoms with Crippen LogP contribution < -0.4 is 10.2 Å². The number of amides is 1. The summed E-state index contributed by atoms with van der Waals surface area (Å²) in [5.74, 6) is 0.891. The Kier molecular flexibility index (Phi) is 4.36. The van der Waals surface area contributed by atoms with Crippen molar-refractivity contribution in [1.29, 1.82) is 0 Å². The van der Waals surface area contributed by atoms with E-state index in [4.69, 9.17) is 4.42 Å². The highest BCUT2D eigenvalue weighted by Gasteiger charge is 2.17. The van der Waals surface area contributed by atoms with Crippen LogP contribution in [0.5, 0.6) is 0 Å². The molecule has 3 heterocycles. The topological polar surface area (TPSA) is 87.1 Å². The van der Waals surface area contributed by atoms with Gasteiger partial charge < -0.3 is 9.32 Å². The normalized spacial score (nSPS) is 14.8. The first-order valence-electron chi connectivity index (χ1n) is 9.04. The SMILES string of the molecule is Cc1cc2occ(CC(=O)Nc3nc(N4CCCCC4)n[nH]3)c2cc1C. The molecule has 1 aliphatic rings. The standard InChI is InChI=1S/C19H23N5O2/c1-12-8-15-14(11-26-16(15)9-13(12)2)10-17(25)20-18-21-19(23-22-18)24-6-4-3-5-7-24/h8-9,11H,3-7,10H2,1-2H3,(H2,20,21,22,23,25). The lowest BCUT2D eigenvalue weighted by molar-refractivity contribution is -0.115. The van der Waals surface area contributed by atoms with Crippen molar-refractivity contribution in [3.8, 4) is 0 Å². The highest BCUT2D eigenvalue weighted by atomic mass is 16.3. The molecule has 7 nitrogen and oxygen atoms in total. The number of nitrogens with one attached hydrogen (secondary N) is 2. The van der Waals surface area contributed by atoms with E-state index in [1.54, 1.807) is 6.26 Å². The van der Waals surface area contributed by atoms with Crippen molar-refractivity contribution in [3.63, 3.8) is 0 Å². The molecule has 0 aliphatic carbocycles. The molecule has 0 unspecified atom stereocenters. The molecule has 0 atom stereocenters. The highest BCUT2D eigenvalue weighted by molar-refractivity contribution is 5.94. The van der Waals surface area contributed by atoms with Crippen LogP contribution in [0.2, 0.25) is 0 Å². The van der Waals surface area contributed by atoms with Crippen molar-refractivity contribution in [2.75, 3.05) is 23.3 Å². The molecule has 0 saturated carbocycles. The van der Waals surface area contributed by atoms with Gasteiger partial charge in [-0.1, -0.05) is 0 Å². The van der Waals surface area contributed by atoms with Gasteiger partial charge in [0.05, 0.1) is 12.7 Å². The smallest absolute Gasteiger partial charge is 0.246 e. The maximum atomic E-state index is 12.4. The zero-order chi connectivity index (χ0) is 18.1. The number of aromatic nitrogens is 3. The van der Waals surface area contributed by atoms with Gasteiger partial charge in [0.25, 0.3) is 0 Å². The van der Waals surface area contributed by atoms with Crippen molar-refractivity contribution in [2.24, 2.45) is 0 Å². The van der Waals surface area contributed by atoms with Gasteiger partial charge in [0.2, 0.25) is 17.8 Å². The highest BCUT2D eigenvalue weighted by Crippen LogP contribution is 2.25. The molecule has 1 saturated heterocycles. The summed E-state index contributed by atoms with van der Waals surface area (Å²) in [4.78, 5) is 18.9. The second-order valence-electron chi connectivity index (χ2n) is 6.95. The maximum absolute atomic E-state index is 12.4. The van der Waals surface area contributed by atoms with Gasteiger partial charge in [-0.2, -0.15) is 4.98 Å². The monoisotopic (exact) mass is 353 g/mol. The number of piperidine rings is 1. The van der Waals surface area contributed by atoms with Gasteiger partial charge in [-0.05, 0) is 56.4 Å². The molecule has 0 radical (unpaired) electrons. The fourth-order valence-corrected chi connectivity index (χ4v) is 3.37. The lowest BCUT2D eigenvalue weighted by Gasteiger charge is -2.24. The summed E-state index contributed by atoms with van der Waals surface area (Å²) in [5.41, 5.74) is 4.04. The number of nitrogens with zero attached hydrogens (tertiary/aromatic N) is 3. The third kappa shape index (κ3) is 3.29. The van der Waals surface area contributed by atoms with E-state index in [1.165, 1.54) is 17.5 Å². The van der Waals surface area contributed by atoms with Crippen molar-refractivity contribution in [3.05, 3.63) is 35.1 Å². The largest absolute Gasteiger partial charge is 0.464 e. The molecule has 7 heteroatoms. The Balaban J connectivity index is 1.44. The first kappa shape index (κ1) is 16.6. The number of hydrogen-bond acceptors (Lipinski definition) is 5. The summed E-state index contributed by atoms with van der Waals surface area (Å²) in [5, 5.41) is 10.8. The van der Waals surface area contributed by atoms with Gasteiger partial charge in [0.15, 0.2) is 0 Å². The average Bonchev–Trinajstić information content (AvgIpc) is 3.24. The number of hydrogen-bond donors (Lipinski definition) is 2. The Morgan fingerprint density at radius 2 is 2.00 bits per heavy atom. The molecule has 26 heavy (non-hydrogen) atoms. The van der Waals surface area contributed by atoms with Crippen molar-refractivity contribution in [1.82, 2.24) is 15.2 Å². The summed E-state index contributed by atoms with van der Waals surface area (Å²) in [6.45, 7) is 6.03. The van der Waals surface area contributed by atoms with Crippen LogP contribution in [0.15, 0.2) is 22.8 Å². The summed E-state index contributed by atoms with van der Waals surface area (Å²) >= 11 is 0. The lowest BCUT2D eigenvalue weighted by Crippen LogP contribution is -2.30. The van der Waals surface area contributed by atoms with Crippen molar-refractivity contribution < 1.29 is 9.21 Å². The van der Waals surface area contributed by atoms with E-state index in [2.05, 4.69) is 38.4 Å². The van der Waals surface area contributed by atoms with Crippen LogP contribution in [-0.2, 0) is 11.2 Å². The van der Waals surface area contributed by atoms with Gasteiger partial charge in [0.1, 0.15) is 5.58 Å². The quantitative estimate of drug-likeness (QED) is 0.751. The molecule has 2 aromatic heterocycles. The van der Waals surface area contributed by atoms with Crippen LogP contribution in [0, 0.1) is 13.8 Å². The van der Waals surface area contributed by atoms with Crippen molar-refractivity contribution >= 4 is 28.8 Å². The first-order valence-corrected chi connectivity index (χ1v) is 9.04. The molecule has 2 N–H and O–H groups in total. The molecule has 1 aliphatic heterocycles. The van der Waals surface area contributed by atoms with Gasteiger partial charge in [0, 0.05) is 24.0 Å². The number of aromatic amines is 1. The molecule has 4 rings (SSSR count). The van der Waals surface area contributed by atoms with Gasteiger partial charge in [-0.3, -0.25) is 10.1 Å². The minimum atomic E-state index is -0.146. The Labute approximate surface area is 151 Å². The molecule has 0 bridgehead atoms. The molecular formula is C19H23N5O2. The summed E-state index contributed by atoms with van der Waals surface area (Å²) < 4.78 is 5.60. The van der Waals surface area contributed by atoms with Crippen LogP contribution in [0.4, 0.5) is 11.9 Å². The third-order valence-corrected chi connectivity index (χ3v) is 4.99. The van der Waals surface area contributed by atoms with Gasteiger partial charge in [-0.15, -0.1) is 5.10 Å². The van der Waals surface area contributed by atoms with Crippen LogP contribution in [0.3, 0.4) is 0 Å². The Morgan fingerprint density at radius 3 is 2.81 bits per heavy atom. The average molecular weight is 353 g/mol. The summed E-state index contributed by atoms with van der Waals surface area (Å²) in [6.07, 6.45) is 5.45. The second-order valence-corrected chi connectivity index (χ2v) is 6.95. The molecular weight excluding hydrogens is 330 g/mol. The molecule has 0 spiro atoms. The number of carbonyl (C=O) groups is 1.